The van der Waals surface area contributed by atoms with Gasteiger partial charge in [0, 0.05) is 18.0 Å². The topological polar surface area (TPSA) is 86.4 Å². The largest absolute Gasteiger partial charge is 0.427 e. The van der Waals surface area contributed by atoms with E-state index in [4.69, 9.17) is 0 Å². The maximum atomic E-state index is 12.7. The first-order valence-corrected chi connectivity index (χ1v) is 9.80. The van der Waals surface area contributed by atoms with Crippen LogP contribution in [0.15, 0.2) is 61.6 Å². The average Bonchev–Trinajstić information content (AvgIpc) is 3.23. The zero-order valence-electron chi connectivity index (χ0n) is 16.2. The number of carbonyl (C=O) groups excluding carboxylic acids is 2. The van der Waals surface area contributed by atoms with E-state index in [1.807, 2.05) is 12.1 Å². The number of alkyl halides is 3. The quantitative estimate of drug-likeness (QED) is 0.584. The third kappa shape index (κ3) is 5.51. The Kier molecular flexibility index (Phi) is 6.44. The molecule has 3 N–H and O–H groups in total. The molecule has 1 aliphatic rings. The molecular formula is C20H18F3N5O2S. The molecule has 0 fully saturated rings. The van der Waals surface area contributed by atoms with Gasteiger partial charge in [0.1, 0.15) is 4.88 Å². The predicted octanol–water partition coefficient (Wildman–Crippen LogP) is 3.80. The van der Waals surface area contributed by atoms with Gasteiger partial charge in [0.15, 0.2) is 5.13 Å². The molecule has 1 aromatic heterocycles. The summed E-state index contributed by atoms with van der Waals surface area (Å²) in [5.74, 6) is -1.47. The molecule has 2 heterocycles. The molecule has 31 heavy (non-hydrogen) atoms. The molecule has 1 unspecified atom stereocenters. The van der Waals surface area contributed by atoms with E-state index in [9.17, 15) is 22.8 Å². The lowest BCUT2D eigenvalue weighted by Gasteiger charge is -2.24. The summed E-state index contributed by atoms with van der Waals surface area (Å²) >= 11 is 0.377. The van der Waals surface area contributed by atoms with Crippen molar-refractivity contribution in [1.29, 1.82) is 0 Å². The number of amides is 2. The second-order valence-corrected chi connectivity index (χ2v) is 7.49. The Balaban J connectivity index is 1.67. The Labute approximate surface area is 179 Å². The van der Waals surface area contributed by atoms with Crippen molar-refractivity contribution >= 4 is 33.9 Å². The van der Waals surface area contributed by atoms with Crippen LogP contribution in [0.2, 0.25) is 0 Å². The van der Waals surface area contributed by atoms with Crippen LogP contribution in [0.5, 0.6) is 0 Å². The van der Waals surface area contributed by atoms with E-state index >= 15 is 0 Å². The number of nitrogens with zero attached hydrogens (tertiary/aromatic N) is 2. The molecule has 11 heteroatoms. The van der Waals surface area contributed by atoms with E-state index in [-0.39, 0.29) is 11.0 Å². The average molecular weight is 449 g/mol. The molecule has 0 saturated carbocycles. The highest BCUT2D eigenvalue weighted by Gasteiger charge is 2.33. The van der Waals surface area contributed by atoms with Gasteiger partial charge in [-0.05, 0) is 30.2 Å². The molecule has 1 atom stereocenters. The van der Waals surface area contributed by atoms with Gasteiger partial charge in [-0.1, -0.05) is 42.2 Å². The lowest BCUT2D eigenvalue weighted by atomic mass is 9.95. The maximum Gasteiger partial charge on any atom is 0.427 e. The van der Waals surface area contributed by atoms with Crippen LogP contribution in [0.25, 0.3) is 5.57 Å². The van der Waals surface area contributed by atoms with Gasteiger partial charge in [-0.15, -0.1) is 0 Å². The number of thiazole rings is 1. The predicted molar refractivity (Wildman–Crippen MR) is 111 cm³/mol. The minimum atomic E-state index is -4.50. The third-order valence-corrected chi connectivity index (χ3v) is 5.26. The Morgan fingerprint density at radius 2 is 2.13 bits per heavy atom. The number of carbonyl (C=O) groups is 2. The number of rotatable bonds is 6. The van der Waals surface area contributed by atoms with Crippen molar-refractivity contribution in [3.05, 3.63) is 77.6 Å². The molecule has 1 aromatic carbocycles. The molecule has 3 rings (SSSR count). The number of benzene rings is 1. The summed E-state index contributed by atoms with van der Waals surface area (Å²) in [4.78, 5) is 26.6. The number of hydrogen-bond donors (Lipinski definition) is 3. The van der Waals surface area contributed by atoms with Gasteiger partial charge in [-0.3, -0.25) is 15.0 Å². The van der Waals surface area contributed by atoms with Gasteiger partial charge in [-0.25, -0.2) is 15.5 Å². The Morgan fingerprint density at radius 1 is 1.35 bits per heavy atom. The zero-order valence-corrected chi connectivity index (χ0v) is 17.1. The summed E-state index contributed by atoms with van der Waals surface area (Å²) in [5, 5.41) is 3.68. The number of hydrogen-bond acceptors (Lipinski definition) is 6. The lowest BCUT2D eigenvalue weighted by Crippen LogP contribution is -2.45. The highest BCUT2D eigenvalue weighted by Crippen LogP contribution is 2.35. The Bertz CT molecular complexity index is 1060. The van der Waals surface area contributed by atoms with Crippen LogP contribution in [0.3, 0.4) is 0 Å². The second kappa shape index (κ2) is 9.04. The van der Waals surface area contributed by atoms with E-state index in [1.54, 1.807) is 37.5 Å². The summed E-state index contributed by atoms with van der Waals surface area (Å²) in [6.45, 7) is 5.03. The van der Waals surface area contributed by atoms with Crippen LogP contribution < -0.4 is 16.2 Å². The summed E-state index contributed by atoms with van der Waals surface area (Å²) in [6, 6.07) is 7.19. The van der Waals surface area contributed by atoms with Crippen molar-refractivity contribution in [2.24, 2.45) is 0 Å². The Morgan fingerprint density at radius 3 is 2.74 bits per heavy atom. The highest BCUT2D eigenvalue weighted by molar-refractivity contribution is 7.15. The Hall–Kier alpha value is -3.60. The number of anilines is 1. The molecule has 0 saturated heterocycles. The second-order valence-electron chi connectivity index (χ2n) is 6.46. The van der Waals surface area contributed by atoms with Gasteiger partial charge in [-0.2, -0.15) is 13.2 Å². The van der Waals surface area contributed by atoms with Crippen LogP contribution >= 0.6 is 11.3 Å². The van der Waals surface area contributed by atoms with Crippen molar-refractivity contribution in [1.82, 2.24) is 21.0 Å². The van der Waals surface area contributed by atoms with E-state index in [2.05, 4.69) is 27.7 Å². The van der Waals surface area contributed by atoms with Crippen LogP contribution in [0.1, 0.15) is 28.8 Å². The zero-order chi connectivity index (χ0) is 22.6. The summed E-state index contributed by atoms with van der Waals surface area (Å²) in [6.07, 6.45) is 2.38. The van der Waals surface area contributed by atoms with Crippen molar-refractivity contribution in [3.8, 4) is 0 Å². The van der Waals surface area contributed by atoms with Gasteiger partial charge in [0.2, 0.25) is 5.91 Å². The van der Waals surface area contributed by atoms with Crippen LogP contribution in [-0.2, 0) is 15.8 Å². The molecule has 162 valence electrons. The maximum absolute atomic E-state index is 12.7. The van der Waals surface area contributed by atoms with E-state index in [1.165, 1.54) is 5.12 Å². The lowest BCUT2D eigenvalue weighted by molar-refractivity contribution is -0.134. The minimum absolute atomic E-state index is 0.107. The van der Waals surface area contributed by atoms with Crippen LogP contribution in [0, 0.1) is 0 Å². The number of allylic oxidation sites excluding steroid dienone is 2. The summed E-state index contributed by atoms with van der Waals surface area (Å²) in [5.41, 5.74) is 7.69. The SMILES string of the molecule is C=CC(=O)NN1C=CC(c2cccc(C(C)C(=O)Nc3ncc(C(F)(F)F)s3)c2)=CN1. The number of halogens is 3. The molecule has 0 spiro atoms. The van der Waals surface area contributed by atoms with Gasteiger partial charge in [0.25, 0.3) is 5.91 Å². The highest BCUT2D eigenvalue weighted by atomic mass is 32.1. The molecule has 1 aliphatic heterocycles. The van der Waals surface area contributed by atoms with Crippen molar-refractivity contribution in [3.63, 3.8) is 0 Å². The van der Waals surface area contributed by atoms with E-state index in [0.29, 0.717) is 23.1 Å². The first-order chi connectivity index (χ1) is 14.7. The van der Waals surface area contributed by atoms with Gasteiger partial charge in [0.05, 0.1) is 12.1 Å². The molecule has 2 amide bonds. The minimum Gasteiger partial charge on any atom is -0.301 e. The molecule has 2 aromatic rings. The fraction of sp³-hybridized carbons (Fsp3) is 0.150. The molecule has 0 radical (unpaired) electrons. The van der Waals surface area contributed by atoms with E-state index in [0.717, 1.165) is 17.2 Å². The summed E-state index contributed by atoms with van der Waals surface area (Å²) < 4.78 is 38.1. The molecule has 0 bridgehead atoms. The number of hydrazine groups is 2. The normalized spacial score (nSPS) is 14.3. The fourth-order valence-electron chi connectivity index (χ4n) is 2.61. The van der Waals surface area contributed by atoms with Crippen molar-refractivity contribution in [2.75, 3.05) is 5.32 Å². The summed E-state index contributed by atoms with van der Waals surface area (Å²) in [7, 11) is 0. The molecule has 0 aliphatic carbocycles. The first kappa shape index (κ1) is 22.1. The monoisotopic (exact) mass is 449 g/mol. The standard InChI is InChI=1S/C20H18F3N5O2S/c1-3-17(29)27-28-8-7-15(10-25-28)14-6-4-5-13(9-14)12(2)18(30)26-19-24-11-16(31-19)20(21,22)23/h3-12,25H,1H2,2H3,(H,27,29)(H,24,26,30). The van der Waals surface area contributed by atoms with Gasteiger partial charge >= 0.3 is 6.18 Å². The molecular weight excluding hydrogens is 431 g/mol. The number of aromatic nitrogens is 1. The van der Waals surface area contributed by atoms with Gasteiger partial charge < -0.3 is 5.32 Å². The first-order valence-electron chi connectivity index (χ1n) is 8.98. The smallest absolute Gasteiger partial charge is 0.301 e. The third-order valence-electron chi connectivity index (χ3n) is 4.31. The van der Waals surface area contributed by atoms with Crippen LogP contribution in [0.4, 0.5) is 18.3 Å². The van der Waals surface area contributed by atoms with Crippen LogP contribution in [-0.4, -0.2) is 21.9 Å². The molecule has 7 nitrogen and oxygen atoms in total. The number of nitrogens with one attached hydrogen (secondary N) is 3. The fourth-order valence-corrected chi connectivity index (χ4v) is 3.30. The van der Waals surface area contributed by atoms with E-state index < -0.39 is 22.9 Å². The van der Waals surface area contributed by atoms with Crippen molar-refractivity contribution in [2.45, 2.75) is 19.0 Å². The van der Waals surface area contributed by atoms with Crippen molar-refractivity contribution < 1.29 is 22.8 Å².